The van der Waals surface area contributed by atoms with E-state index in [0.29, 0.717) is 18.3 Å². The molecular formula is C15H19N3O4. The Morgan fingerprint density at radius 3 is 2.50 bits per heavy atom. The first-order valence-corrected chi connectivity index (χ1v) is 7.02. The van der Waals surface area contributed by atoms with Crippen molar-refractivity contribution in [3.63, 3.8) is 0 Å². The summed E-state index contributed by atoms with van der Waals surface area (Å²) in [5.74, 6) is -1.59. The lowest BCUT2D eigenvalue weighted by atomic mass is 10.2. The van der Waals surface area contributed by atoms with Crippen LogP contribution in [0.2, 0.25) is 0 Å². The van der Waals surface area contributed by atoms with Gasteiger partial charge in [0, 0.05) is 24.4 Å². The molecular weight excluding hydrogens is 286 g/mol. The van der Waals surface area contributed by atoms with Crippen LogP contribution in [-0.2, 0) is 9.59 Å². The zero-order valence-electron chi connectivity index (χ0n) is 12.2. The SMILES string of the molecule is CNC1CC2CC2N1c1cccnc1.O=C(O)C=CC(=O)O. The molecule has 0 spiro atoms. The molecule has 3 rings (SSSR count). The van der Waals surface area contributed by atoms with Crippen molar-refractivity contribution in [1.82, 2.24) is 10.3 Å². The van der Waals surface area contributed by atoms with Crippen LogP contribution in [0.1, 0.15) is 12.8 Å². The Morgan fingerprint density at radius 2 is 2.00 bits per heavy atom. The van der Waals surface area contributed by atoms with Crippen LogP contribution in [-0.4, -0.2) is 46.4 Å². The highest BCUT2D eigenvalue weighted by Crippen LogP contribution is 2.48. The van der Waals surface area contributed by atoms with E-state index >= 15 is 0 Å². The first-order chi connectivity index (χ1) is 10.5. The summed E-state index contributed by atoms with van der Waals surface area (Å²) in [6, 6.07) is 4.94. The maximum atomic E-state index is 9.55. The standard InChI is InChI=1S/C11H15N3.C4H4O4/c1-12-11-6-8-5-10(8)14(11)9-3-2-4-13-7-9;5-3(6)1-2-4(7)8/h2-4,7-8,10-12H,5-6H2,1H3;1-2H,(H,5,6)(H,7,8). The van der Waals surface area contributed by atoms with Crippen LogP contribution < -0.4 is 10.2 Å². The van der Waals surface area contributed by atoms with Gasteiger partial charge in [0.1, 0.15) is 0 Å². The highest BCUT2D eigenvalue weighted by Gasteiger charge is 2.51. The van der Waals surface area contributed by atoms with Crippen LogP contribution in [0.5, 0.6) is 0 Å². The van der Waals surface area contributed by atoms with Crippen LogP contribution in [0.15, 0.2) is 36.7 Å². The number of hydrogen-bond acceptors (Lipinski definition) is 5. The van der Waals surface area contributed by atoms with Crippen LogP contribution in [0, 0.1) is 5.92 Å². The number of aromatic nitrogens is 1. The number of nitrogens with one attached hydrogen (secondary N) is 1. The summed E-state index contributed by atoms with van der Waals surface area (Å²) < 4.78 is 0. The topological polar surface area (TPSA) is 103 Å². The maximum Gasteiger partial charge on any atom is 0.328 e. The fraction of sp³-hybridized carbons (Fsp3) is 0.400. The number of anilines is 1. The van der Waals surface area contributed by atoms with Gasteiger partial charge in [0.2, 0.25) is 0 Å². The lowest BCUT2D eigenvalue weighted by molar-refractivity contribution is -0.134. The van der Waals surface area contributed by atoms with E-state index in [9.17, 15) is 9.59 Å². The Morgan fingerprint density at radius 1 is 1.32 bits per heavy atom. The number of nitrogens with zero attached hydrogens (tertiary/aromatic N) is 2. The third-order valence-electron chi connectivity index (χ3n) is 3.75. The molecule has 2 heterocycles. The second-order valence-electron chi connectivity index (χ2n) is 5.23. The van der Waals surface area contributed by atoms with Crippen LogP contribution in [0.25, 0.3) is 0 Å². The summed E-state index contributed by atoms with van der Waals surface area (Å²) in [7, 11) is 2.04. The molecule has 1 aliphatic carbocycles. The zero-order valence-corrected chi connectivity index (χ0v) is 12.2. The first kappa shape index (κ1) is 16.0. The molecule has 2 aliphatic rings. The predicted molar refractivity (Wildman–Crippen MR) is 80.5 cm³/mol. The second kappa shape index (κ2) is 7.04. The van der Waals surface area contributed by atoms with Gasteiger partial charge in [0.15, 0.2) is 0 Å². The molecule has 1 aliphatic heterocycles. The van der Waals surface area contributed by atoms with Crippen molar-refractivity contribution in [2.24, 2.45) is 5.92 Å². The van der Waals surface area contributed by atoms with E-state index in [4.69, 9.17) is 10.2 Å². The molecule has 0 amide bonds. The Bertz CT molecular complexity index is 545. The fourth-order valence-electron chi connectivity index (χ4n) is 2.73. The summed E-state index contributed by atoms with van der Waals surface area (Å²) in [4.78, 5) is 25.8. The molecule has 118 valence electrons. The molecule has 0 bridgehead atoms. The predicted octanol–water partition coefficient (Wildman–Crippen LogP) is 0.938. The van der Waals surface area contributed by atoms with Gasteiger partial charge in [-0.15, -0.1) is 0 Å². The molecule has 1 aromatic rings. The van der Waals surface area contributed by atoms with Crippen LogP contribution in [0.4, 0.5) is 5.69 Å². The normalized spacial score (nSPS) is 25.3. The first-order valence-electron chi connectivity index (χ1n) is 7.02. The number of piperidine rings is 1. The zero-order chi connectivity index (χ0) is 16.1. The van der Waals surface area contributed by atoms with Gasteiger partial charge in [-0.05, 0) is 37.9 Å². The average Bonchev–Trinajstić information content (AvgIpc) is 3.17. The maximum absolute atomic E-state index is 9.55. The minimum Gasteiger partial charge on any atom is -0.478 e. The van der Waals surface area contributed by atoms with E-state index in [1.807, 2.05) is 25.5 Å². The smallest absolute Gasteiger partial charge is 0.328 e. The summed E-state index contributed by atoms with van der Waals surface area (Å²) >= 11 is 0. The molecule has 3 atom stereocenters. The third-order valence-corrected chi connectivity index (χ3v) is 3.75. The summed E-state index contributed by atoms with van der Waals surface area (Å²) in [6.07, 6.45) is 8.08. The highest BCUT2D eigenvalue weighted by atomic mass is 16.4. The van der Waals surface area contributed by atoms with E-state index < -0.39 is 11.9 Å². The Kier molecular flexibility index (Phi) is 5.11. The van der Waals surface area contributed by atoms with Crippen LogP contribution in [0.3, 0.4) is 0 Å². The molecule has 3 N–H and O–H groups in total. The van der Waals surface area contributed by atoms with E-state index in [1.165, 1.54) is 18.5 Å². The summed E-state index contributed by atoms with van der Waals surface area (Å²) in [5.41, 5.74) is 1.26. The van der Waals surface area contributed by atoms with Gasteiger partial charge in [0.25, 0.3) is 0 Å². The van der Waals surface area contributed by atoms with Gasteiger partial charge in [0.05, 0.1) is 18.1 Å². The molecule has 0 aromatic carbocycles. The van der Waals surface area contributed by atoms with Gasteiger partial charge in [-0.1, -0.05) is 0 Å². The van der Waals surface area contributed by atoms with E-state index in [1.54, 1.807) is 0 Å². The van der Waals surface area contributed by atoms with Crippen molar-refractivity contribution >= 4 is 17.6 Å². The number of carboxylic acids is 2. The highest BCUT2D eigenvalue weighted by molar-refractivity contribution is 5.89. The molecule has 1 saturated carbocycles. The lowest BCUT2D eigenvalue weighted by Gasteiger charge is -2.28. The Balaban J connectivity index is 0.000000192. The number of rotatable bonds is 4. The molecule has 1 saturated heterocycles. The second-order valence-corrected chi connectivity index (χ2v) is 5.23. The third kappa shape index (κ3) is 4.05. The molecule has 22 heavy (non-hydrogen) atoms. The number of fused-ring (bicyclic) bond motifs is 1. The molecule has 0 radical (unpaired) electrons. The quantitative estimate of drug-likeness (QED) is 0.711. The van der Waals surface area contributed by atoms with Crippen molar-refractivity contribution in [2.75, 3.05) is 11.9 Å². The number of hydrogen-bond donors (Lipinski definition) is 3. The van der Waals surface area contributed by atoms with Crippen molar-refractivity contribution in [3.05, 3.63) is 36.7 Å². The van der Waals surface area contributed by atoms with Gasteiger partial charge in [-0.3, -0.25) is 4.98 Å². The average molecular weight is 305 g/mol. The van der Waals surface area contributed by atoms with E-state index in [-0.39, 0.29) is 0 Å². The summed E-state index contributed by atoms with van der Waals surface area (Å²) in [6.45, 7) is 0. The monoisotopic (exact) mass is 305 g/mol. The van der Waals surface area contributed by atoms with Crippen molar-refractivity contribution in [1.29, 1.82) is 0 Å². The Labute approximate surface area is 128 Å². The minimum atomic E-state index is -1.26. The lowest BCUT2D eigenvalue weighted by Crippen LogP contribution is -2.41. The number of pyridine rings is 1. The van der Waals surface area contributed by atoms with Crippen molar-refractivity contribution in [3.8, 4) is 0 Å². The molecule has 7 heteroatoms. The van der Waals surface area contributed by atoms with Gasteiger partial charge in [-0.2, -0.15) is 0 Å². The molecule has 1 aromatic heterocycles. The van der Waals surface area contributed by atoms with Gasteiger partial charge < -0.3 is 20.4 Å². The molecule has 7 nitrogen and oxygen atoms in total. The van der Waals surface area contributed by atoms with E-state index in [0.717, 1.165) is 12.0 Å². The largest absolute Gasteiger partial charge is 0.478 e. The molecule has 2 fully saturated rings. The van der Waals surface area contributed by atoms with Crippen molar-refractivity contribution in [2.45, 2.75) is 25.0 Å². The Hall–Kier alpha value is -2.41. The van der Waals surface area contributed by atoms with Gasteiger partial charge in [-0.25, -0.2) is 9.59 Å². The van der Waals surface area contributed by atoms with Gasteiger partial charge >= 0.3 is 11.9 Å². The minimum absolute atomic E-state index is 0.517. The number of aliphatic carboxylic acids is 2. The van der Waals surface area contributed by atoms with Crippen molar-refractivity contribution < 1.29 is 19.8 Å². The summed E-state index contributed by atoms with van der Waals surface area (Å²) in [5, 5.41) is 19.0. The number of carbonyl (C=O) groups is 2. The van der Waals surface area contributed by atoms with Crippen LogP contribution >= 0.6 is 0 Å². The number of carboxylic acid groups (broad SMARTS) is 2. The fourth-order valence-corrected chi connectivity index (χ4v) is 2.73. The van der Waals surface area contributed by atoms with E-state index in [2.05, 4.69) is 21.3 Å². The molecule has 3 unspecified atom stereocenters.